The van der Waals surface area contributed by atoms with Crippen LogP contribution in [0.2, 0.25) is 0 Å². The normalized spacial score (nSPS) is 11.9. The van der Waals surface area contributed by atoms with Crippen LogP contribution < -0.4 is 10.6 Å². The van der Waals surface area contributed by atoms with E-state index >= 15 is 0 Å². The highest BCUT2D eigenvalue weighted by Crippen LogP contribution is 2.02. The second-order valence-electron chi connectivity index (χ2n) is 4.06. The van der Waals surface area contributed by atoms with Gasteiger partial charge in [-0.25, -0.2) is 0 Å². The summed E-state index contributed by atoms with van der Waals surface area (Å²) in [6, 6.07) is 3.44. The Morgan fingerprint density at radius 3 is 2.65 bits per heavy atom. The van der Waals surface area contributed by atoms with Crippen molar-refractivity contribution in [3.8, 4) is 0 Å². The lowest BCUT2D eigenvalue weighted by molar-refractivity contribution is 0.0942. The van der Waals surface area contributed by atoms with Crippen LogP contribution in [-0.2, 0) is 0 Å². The molecule has 0 aliphatic rings. The average molecular weight is 236 g/mol. The summed E-state index contributed by atoms with van der Waals surface area (Å²) >= 11 is 0. The molecule has 0 spiro atoms. The summed E-state index contributed by atoms with van der Waals surface area (Å²) in [6.07, 6.45) is 1.05. The number of nitrogens with one attached hydrogen (secondary N) is 2. The maximum absolute atomic E-state index is 11.7. The molecule has 0 aliphatic heterocycles. The Kier molecular flexibility index (Phi) is 5.39. The molecule has 5 nitrogen and oxygen atoms in total. The number of hydrogen-bond donors (Lipinski definition) is 2. The van der Waals surface area contributed by atoms with Gasteiger partial charge in [0.25, 0.3) is 5.91 Å². The number of rotatable bonds is 6. The van der Waals surface area contributed by atoms with Gasteiger partial charge in [-0.3, -0.25) is 4.79 Å². The molecule has 1 aromatic heterocycles. The molecule has 94 valence electrons. The summed E-state index contributed by atoms with van der Waals surface area (Å²) in [6.45, 7) is 7.64. The van der Waals surface area contributed by atoms with Crippen LogP contribution in [0.1, 0.15) is 37.7 Å². The van der Waals surface area contributed by atoms with Crippen LogP contribution in [0.3, 0.4) is 0 Å². The molecule has 17 heavy (non-hydrogen) atoms. The van der Waals surface area contributed by atoms with E-state index in [0.29, 0.717) is 24.0 Å². The molecular weight excluding hydrogens is 216 g/mol. The summed E-state index contributed by atoms with van der Waals surface area (Å²) in [5.74, 6) is 1.000. The molecule has 0 radical (unpaired) electrons. The monoisotopic (exact) mass is 236 g/mol. The lowest BCUT2D eigenvalue weighted by Gasteiger charge is -2.09. The lowest BCUT2D eigenvalue weighted by atomic mass is 10.1. The number of anilines is 1. The molecule has 0 bridgehead atoms. The van der Waals surface area contributed by atoms with Crippen LogP contribution in [-0.4, -0.2) is 29.2 Å². The van der Waals surface area contributed by atoms with Gasteiger partial charge in [0, 0.05) is 13.1 Å². The highest BCUT2D eigenvalue weighted by Gasteiger charge is 2.08. The van der Waals surface area contributed by atoms with Crippen LogP contribution in [0.5, 0.6) is 0 Å². The van der Waals surface area contributed by atoms with Crippen molar-refractivity contribution in [2.24, 2.45) is 5.92 Å². The Bertz CT molecular complexity index is 350. The summed E-state index contributed by atoms with van der Waals surface area (Å²) in [5, 5.41) is 13.7. The van der Waals surface area contributed by atoms with Crippen LogP contribution in [0.25, 0.3) is 0 Å². The second-order valence-corrected chi connectivity index (χ2v) is 4.06. The lowest BCUT2D eigenvalue weighted by Crippen LogP contribution is -2.29. The molecule has 0 saturated heterocycles. The third kappa shape index (κ3) is 4.38. The van der Waals surface area contributed by atoms with E-state index in [1.165, 1.54) is 0 Å². The molecule has 1 aromatic rings. The first kappa shape index (κ1) is 13.4. The van der Waals surface area contributed by atoms with E-state index in [2.05, 4.69) is 34.7 Å². The van der Waals surface area contributed by atoms with Gasteiger partial charge in [0.2, 0.25) is 0 Å². The van der Waals surface area contributed by atoms with Crippen molar-refractivity contribution in [2.75, 3.05) is 18.4 Å². The Morgan fingerprint density at radius 1 is 1.35 bits per heavy atom. The van der Waals surface area contributed by atoms with E-state index < -0.39 is 0 Å². The van der Waals surface area contributed by atoms with E-state index in [1.807, 2.05) is 6.92 Å². The first-order chi connectivity index (χ1) is 8.17. The Morgan fingerprint density at radius 2 is 2.12 bits per heavy atom. The first-order valence-electron chi connectivity index (χ1n) is 6.03. The Hall–Kier alpha value is -1.65. The second kappa shape index (κ2) is 6.83. The molecule has 1 atom stereocenters. The zero-order valence-corrected chi connectivity index (χ0v) is 10.7. The van der Waals surface area contributed by atoms with Gasteiger partial charge >= 0.3 is 0 Å². The van der Waals surface area contributed by atoms with Gasteiger partial charge < -0.3 is 10.6 Å². The summed E-state index contributed by atoms with van der Waals surface area (Å²) < 4.78 is 0. The van der Waals surface area contributed by atoms with Crippen molar-refractivity contribution in [2.45, 2.75) is 27.2 Å². The Balaban J connectivity index is 2.51. The molecule has 1 unspecified atom stereocenters. The van der Waals surface area contributed by atoms with Gasteiger partial charge in [0.05, 0.1) is 0 Å². The third-order valence-corrected chi connectivity index (χ3v) is 2.56. The molecule has 0 aromatic carbocycles. The van der Waals surface area contributed by atoms with Crippen molar-refractivity contribution < 1.29 is 4.79 Å². The molecule has 5 heteroatoms. The molecule has 0 fully saturated rings. The van der Waals surface area contributed by atoms with Crippen LogP contribution in [0.15, 0.2) is 12.1 Å². The van der Waals surface area contributed by atoms with Crippen molar-refractivity contribution >= 4 is 11.7 Å². The molecule has 0 aliphatic carbocycles. The van der Waals surface area contributed by atoms with E-state index in [4.69, 9.17) is 0 Å². The smallest absolute Gasteiger partial charge is 0.271 e. The number of aromatic nitrogens is 2. The SMILES string of the molecule is CCNc1ccc(C(=O)NCC(C)CC)nn1. The quantitative estimate of drug-likeness (QED) is 0.788. The zero-order chi connectivity index (χ0) is 12.7. The number of carbonyl (C=O) groups is 1. The van der Waals surface area contributed by atoms with Crippen LogP contribution in [0.4, 0.5) is 5.82 Å². The highest BCUT2D eigenvalue weighted by atomic mass is 16.1. The first-order valence-corrected chi connectivity index (χ1v) is 6.03. The molecule has 1 amide bonds. The molecular formula is C12H20N4O. The van der Waals surface area contributed by atoms with Crippen molar-refractivity contribution in [1.29, 1.82) is 0 Å². The van der Waals surface area contributed by atoms with E-state index in [9.17, 15) is 4.79 Å². The van der Waals surface area contributed by atoms with Gasteiger partial charge in [-0.2, -0.15) is 0 Å². The predicted octanol–water partition coefficient (Wildman–Crippen LogP) is 1.68. The van der Waals surface area contributed by atoms with Crippen molar-refractivity contribution in [1.82, 2.24) is 15.5 Å². The number of hydrogen-bond acceptors (Lipinski definition) is 4. The van der Waals surface area contributed by atoms with Crippen molar-refractivity contribution in [3.05, 3.63) is 17.8 Å². The highest BCUT2D eigenvalue weighted by molar-refractivity contribution is 5.92. The molecule has 2 N–H and O–H groups in total. The minimum absolute atomic E-state index is 0.166. The topological polar surface area (TPSA) is 66.9 Å². The van der Waals surface area contributed by atoms with Gasteiger partial charge in [-0.15, -0.1) is 10.2 Å². The van der Waals surface area contributed by atoms with Gasteiger partial charge in [0.1, 0.15) is 5.82 Å². The van der Waals surface area contributed by atoms with Crippen LogP contribution in [0, 0.1) is 5.92 Å². The van der Waals surface area contributed by atoms with Crippen LogP contribution >= 0.6 is 0 Å². The largest absolute Gasteiger partial charge is 0.369 e. The Labute approximate surface area is 102 Å². The maximum Gasteiger partial charge on any atom is 0.271 e. The molecule has 1 rings (SSSR count). The predicted molar refractivity (Wildman–Crippen MR) is 68.0 cm³/mol. The fourth-order valence-corrected chi connectivity index (χ4v) is 1.23. The van der Waals surface area contributed by atoms with Gasteiger partial charge in [-0.1, -0.05) is 20.3 Å². The van der Waals surface area contributed by atoms with E-state index in [0.717, 1.165) is 13.0 Å². The minimum Gasteiger partial charge on any atom is -0.369 e. The minimum atomic E-state index is -0.166. The molecule has 1 heterocycles. The van der Waals surface area contributed by atoms with Gasteiger partial charge in [-0.05, 0) is 25.0 Å². The summed E-state index contributed by atoms with van der Waals surface area (Å²) in [5.41, 5.74) is 0.356. The summed E-state index contributed by atoms with van der Waals surface area (Å²) in [4.78, 5) is 11.7. The van der Waals surface area contributed by atoms with Gasteiger partial charge in [0.15, 0.2) is 5.69 Å². The van der Waals surface area contributed by atoms with E-state index in [-0.39, 0.29) is 5.91 Å². The third-order valence-electron chi connectivity index (χ3n) is 2.56. The number of amides is 1. The standard InChI is InChI=1S/C12H20N4O/c1-4-9(3)8-14-12(17)10-6-7-11(13-5-2)16-15-10/h6-7,9H,4-5,8H2,1-3H3,(H,13,16)(H,14,17). The molecule has 0 saturated carbocycles. The zero-order valence-electron chi connectivity index (χ0n) is 10.7. The fraction of sp³-hybridized carbons (Fsp3) is 0.583. The fourth-order valence-electron chi connectivity index (χ4n) is 1.23. The van der Waals surface area contributed by atoms with Crippen molar-refractivity contribution in [3.63, 3.8) is 0 Å². The number of carbonyl (C=O) groups excluding carboxylic acids is 1. The van der Waals surface area contributed by atoms with E-state index in [1.54, 1.807) is 12.1 Å². The maximum atomic E-state index is 11.7. The average Bonchev–Trinajstić information content (AvgIpc) is 2.36. The number of nitrogens with zero attached hydrogens (tertiary/aromatic N) is 2. The summed E-state index contributed by atoms with van der Waals surface area (Å²) in [7, 11) is 0.